The predicted molar refractivity (Wildman–Crippen MR) is 85.6 cm³/mol. The van der Waals surface area contributed by atoms with Crippen LogP contribution in [0.3, 0.4) is 0 Å². The molecule has 0 aromatic heterocycles. The predicted octanol–water partition coefficient (Wildman–Crippen LogP) is 4.22. The lowest BCUT2D eigenvalue weighted by Gasteiger charge is -2.42. The maximum Gasteiger partial charge on any atom is 0.309 e. The molecule has 0 radical (unpaired) electrons. The molecule has 0 bridgehead atoms. The van der Waals surface area contributed by atoms with Crippen LogP contribution in [-0.2, 0) is 4.79 Å². The molecule has 0 spiro atoms. The first-order chi connectivity index (χ1) is 9.82. The molecular formula is C17H24ClNO2. The lowest BCUT2D eigenvalue weighted by atomic mass is 9.74. The zero-order valence-electron chi connectivity index (χ0n) is 13.0. The van der Waals surface area contributed by atoms with Crippen molar-refractivity contribution in [2.24, 2.45) is 11.3 Å². The van der Waals surface area contributed by atoms with E-state index in [1.165, 1.54) is 5.56 Å². The molecule has 0 saturated carbocycles. The summed E-state index contributed by atoms with van der Waals surface area (Å²) in [5, 5.41) is 10.2. The number of hydrogen-bond acceptors (Lipinski definition) is 2. The molecule has 116 valence electrons. The Morgan fingerprint density at radius 2 is 2.00 bits per heavy atom. The lowest BCUT2D eigenvalue weighted by molar-refractivity contribution is -0.151. The van der Waals surface area contributed by atoms with Gasteiger partial charge in [0.1, 0.15) is 0 Å². The number of aliphatic carboxylic acids is 1. The van der Waals surface area contributed by atoms with Gasteiger partial charge in [0.25, 0.3) is 0 Å². The van der Waals surface area contributed by atoms with Crippen LogP contribution in [0.5, 0.6) is 0 Å². The Balaban J connectivity index is 2.10. The highest BCUT2D eigenvalue weighted by molar-refractivity contribution is 6.30. The highest BCUT2D eigenvalue weighted by atomic mass is 35.5. The summed E-state index contributed by atoms with van der Waals surface area (Å²) in [6.45, 7) is 7.73. The molecule has 0 amide bonds. The highest BCUT2D eigenvalue weighted by Crippen LogP contribution is 2.36. The van der Waals surface area contributed by atoms with Crippen LogP contribution in [0.2, 0.25) is 5.02 Å². The molecule has 2 rings (SSSR count). The molecule has 2 unspecified atom stereocenters. The highest BCUT2D eigenvalue weighted by Gasteiger charge is 2.39. The largest absolute Gasteiger partial charge is 0.481 e. The van der Waals surface area contributed by atoms with Gasteiger partial charge in [0, 0.05) is 17.6 Å². The number of carbonyl (C=O) groups is 1. The van der Waals surface area contributed by atoms with Crippen molar-refractivity contribution in [1.82, 2.24) is 4.90 Å². The van der Waals surface area contributed by atoms with Gasteiger partial charge in [-0.3, -0.25) is 9.69 Å². The number of carboxylic acids is 1. The molecule has 1 aliphatic heterocycles. The number of benzene rings is 1. The first kappa shape index (κ1) is 16.3. The summed E-state index contributed by atoms with van der Waals surface area (Å²) in [7, 11) is 0. The molecule has 1 saturated heterocycles. The van der Waals surface area contributed by atoms with Crippen LogP contribution in [0, 0.1) is 11.3 Å². The Bertz CT molecular complexity index is 498. The molecule has 1 aliphatic rings. The average molecular weight is 310 g/mol. The van der Waals surface area contributed by atoms with Crippen molar-refractivity contribution >= 4 is 17.6 Å². The molecule has 1 aromatic carbocycles. The van der Waals surface area contributed by atoms with Gasteiger partial charge in [-0.15, -0.1) is 0 Å². The molecule has 1 N–H and O–H groups in total. The van der Waals surface area contributed by atoms with E-state index in [0.717, 1.165) is 31.0 Å². The number of halogens is 1. The number of carboxylic acid groups (broad SMARTS) is 1. The molecule has 2 atom stereocenters. The SMILES string of the molecule is CC(c1ccc(Cl)cc1)N1CCCC(C(C)(C)C(=O)O)C1. The van der Waals surface area contributed by atoms with Gasteiger partial charge in [0.2, 0.25) is 0 Å². The summed E-state index contributed by atoms with van der Waals surface area (Å²) < 4.78 is 0. The van der Waals surface area contributed by atoms with Gasteiger partial charge in [0.15, 0.2) is 0 Å². The summed E-state index contributed by atoms with van der Waals surface area (Å²) in [6, 6.07) is 8.22. The second-order valence-electron chi connectivity index (χ2n) is 6.59. The second-order valence-corrected chi connectivity index (χ2v) is 7.02. The zero-order valence-corrected chi connectivity index (χ0v) is 13.7. The van der Waals surface area contributed by atoms with Gasteiger partial charge in [0.05, 0.1) is 5.41 Å². The van der Waals surface area contributed by atoms with Crippen LogP contribution in [0.4, 0.5) is 0 Å². The van der Waals surface area contributed by atoms with E-state index in [9.17, 15) is 9.90 Å². The quantitative estimate of drug-likeness (QED) is 0.905. The normalized spacial score (nSPS) is 22.0. The molecule has 4 heteroatoms. The minimum absolute atomic E-state index is 0.193. The number of likely N-dealkylation sites (tertiary alicyclic amines) is 1. The summed E-state index contributed by atoms with van der Waals surface area (Å²) in [4.78, 5) is 13.9. The number of piperidine rings is 1. The fourth-order valence-electron chi connectivity index (χ4n) is 3.07. The van der Waals surface area contributed by atoms with Crippen LogP contribution < -0.4 is 0 Å². The Morgan fingerprint density at radius 3 is 2.57 bits per heavy atom. The molecule has 1 aromatic rings. The average Bonchev–Trinajstić information content (AvgIpc) is 2.47. The van der Waals surface area contributed by atoms with Gasteiger partial charge in [-0.2, -0.15) is 0 Å². The van der Waals surface area contributed by atoms with Crippen molar-refractivity contribution in [1.29, 1.82) is 0 Å². The third-order valence-corrected chi connectivity index (χ3v) is 5.18. The molecule has 1 fully saturated rings. The third kappa shape index (κ3) is 3.58. The molecule has 3 nitrogen and oxygen atoms in total. The topological polar surface area (TPSA) is 40.5 Å². The molecular weight excluding hydrogens is 286 g/mol. The first-order valence-corrected chi connectivity index (χ1v) is 7.93. The van der Waals surface area contributed by atoms with Crippen molar-refractivity contribution in [3.05, 3.63) is 34.9 Å². The van der Waals surface area contributed by atoms with E-state index in [0.29, 0.717) is 0 Å². The fourth-order valence-corrected chi connectivity index (χ4v) is 3.20. The maximum absolute atomic E-state index is 11.5. The third-order valence-electron chi connectivity index (χ3n) is 4.92. The summed E-state index contributed by atoms with van der Waals surface area (Å²) in [5.41, 5.74) is 0.562. The van der Waals surface area contributed by atoms with Crippen LogP contribution in [-0.4, -0.2) is 29.1 Å². The standard InChI is InChI=1S/C17H24ClNO2/c1-12(13-6-8-15(18)9-7-13)19-10-4-5-14(11-19)17(2,3)16(20)21/h6-9,12,14H,4-5,10-11H2,1-3H3,(H,20,21). The van der Waals surface area contributed by atoms with E-state index in [-0.39, 0.29) is 12.0 Å². The Hall–Kier alpha value is -1.06. The number of hydrogen-bond donors (Lipinski definition) is 1. The minimum atomic E-state index is -0.700. The number of nitrogens with zero attached hydrogens (tertiary/aromatic N) is 1. The molecule has 1 heterocycles. The van der Waals surface area contributed by atoms with E-state index in [4.69, 9.17) is 11.6 Å². The van der Waals surface area contributed by atoms with Gasteiger partial charge < -0.3 is 5.11 Å². The van der Waals surface area contributed by atoms with Gasteiger partial charge >= 0.3 is 5.97 Å². The van der Waals surface area contributed by atoms with Crippen molar-refractivity contribution in [3.63, 3.8) is 0 Å². The monoisotopic (exact) mass is 309 g/mol. The van der Waals surface area contributed by atoms with Crippen molar-refractivity contribution in [2.75, 3.05) is 13.1 Å². The number of rotatable bonds is 4. The van der Waals surface area contributed by atoms with Crippen LogP contribution in [0.25, 0.3) is 0 Å². The Kier molecular flexibility index (Phi) is 4.95. The van der Waals surface area contributed by atoms with E-state index in [1.54, 1.807) is 0 Å². The summed E-state index contributed by atoms with van der Waals surface area (Å²) >= 11 is 5.94. The van der Waals surface area contributed by atoms with Crippen molar-refractivity contribution < 1.29 is 9.90 Å². The fraction of sp³-hybridized carbons (Fsp3) is 0.588. The summed E-state index contributed by atoms with van der Waals surface area (Å²) in [6.07, 6.45) is 2.04. The summed E-state index contributed by atoms with van der Waals surface area (Å²) in [5.74, 6) is -0.507. The van der Waals surface area contributed by atoms with Gasteiger partial charge in [-0.25, -0.2) is 0 Å². The van der Waals surface area contributed by atoms with Crippen LogP contribution in [0.15, 0.2) is 24.3 Å². The van der Waals surface area contributed by atoms with E-state index < -0.39 is 11.4 Å². The minimum Gasteiger partial charge on any atom is -0.481 e. The molecule has 0 aliphatic carbocycles. The Labute approximate surface area is 131 Å². The second kappa shape index (κ2) is 6.37. The van der Waals surface area contributed by atoms with E-state index in [2.05, 4.69) is 24.0 Å². The maximum atomic E-state index is 11.5. The van der Waals surface area contributed by atoms with E-state index in [1.807, 2.05) is 26.0 Å². The van der Waals surface area contributed by atoms with Gasteiger partial charge in [-0.05, 0) is 63.8 Å². The lowest BCUT2D eigenvalue weighted by Crippen LogP contribution is -2.45. The van der Waals surface area contributed by atoms with Crippen LogP contribution >= 0.6 is 11.6 Å². The van der Waals surface area contributed by atoms with Crippen molar-refractivity contribution in [2.45, 2.75) is 39.7 Å². The van der Waals surface area contributed by atoms with E-state index >= 15 is 0 Å². The molecule has 21 heavy (non-hydrogen) atoms. The van der Waals surface area contributed by atoms with Crippen LogP contribution in [0.1, 0.15) is 45.2 Å². The zero-order chi connectivity index (χ0) is 15.6. The smallest absolute Gasteiger partial charge is 0.309 e. The Morgan fingerprint density at radius 1 is 1.38 bits per heavy atom. The van der Waals surface area contributed by atoms with Gasteiger partial charge in [-0.1, -0.05) is 23.7 Å². The van der Waals surface area contributed by atoms with Crippen molar-refractivity contribution in [3.8, 4) is 0 Å². The first-order valence-electron chi connectivity index (χ1n) is 7.55.